The maximum Gasteiger partial charge on any atom is 0.336 e. The molecule has 0 atom stereocenters. The first kappa shape index (κ1) is 15.2. The monoisotopic (exact) mass is 328 g/mol. The minimum atomic E-state index is -0.360. The lowest BCUT2D eigenvalue weighted by atomic mass is 10.0. The van der Waals surface area contributed by atoms with Crippen LogP contribution in [0.15, 0.2) is 94.1 Å². The van der Waals surface area contributed by atoms with Gasteiger partial charge in [0.15, 0.2) is 0 Å². The third kappa shape index (κ3) is 3.45. The van der Waals surface area contributed by atoms with E-state index < -0.39 is 0 Å². The Labute approximate surface area is 145 Å². The Hall–Kier alpha value is -3.33. The van der Waals surface area contributed by atoms with Crippen molar-refractivity contribution in [1.29, 1.82) is 0 Å². The van der Waals surface area contributed by atoms with Gasteiger partial charge in [0.25, 0.3) is 0 Å². The molecule has 0 aliphatic rings. The summed E-state index contributed by atoms with van der Waals surface area (Å²) in [4.78, 5) is 11.3. The van der Waals surface area contributed by atoms with Crippen LogP contribution in [0, 0.1) is 0 Å². The molecule has 1 heterocycles. The quantitative estimate of drug-likeness (QED) is 0.493. The summed E-state index contributed by atoms with van der Waals surface area (Å²) in [6.45, 7) is 0.456. The molecule has 0 unspecified atom stereocenters. The van der Waals surface area contributed by atoms with Crippen molar-refractivity contribution in [3.8, 4) is 16.9 Å². The molecule has 0 saturated heterocycles. The van der Waals surface area contributed by atoms with Gasteiger partial charge in [-0.15, -0.1) is 0 Å². The average molecular weight is 328 g/mol. The van der Waals surface area contributed by atoms with Gasteiger partial charge in [0, 0.05) is 17.5 Å². The summed E-state index contributed by atoms with van der Waals surface area (Å²) in [6, 6.07) is 27.2. The summed E-state index contributed by atoms with van der Waals surface area (Å²) in [5.74, 6) is 0.675. The summed E-state index contributed by atoms with van der Waals surface area (Å²) >= 11 is 0. The van der Waals surface area contributed by atoms with E-state index in [0.29, 0.717) is 17.9 Å². The fourth-order valence-corrected chi connectivity index (χ4v) is 2.72. The lowest BCUT2D eigenvalue weighted by Crippen LogP contribution is -1.97. The van der Waals surface area contributed by atoms with E-state index in [0.717, 1.165) is 10.9 Å². The van der Waals surface area contributed by atoms with Gasteiger partial charge in [-0.3, -0.25) is 0 Å². The Morgan fingerprint density at radius 3 is 2.28 bits per heavy atom. The molecule has 0 saturated carbocycles. The summed E-state index contributed by atoms with van der Waals surface area (Å²) in [5.41, 5.74) is 3.62. The molecule has 122 valence electrons. The molecule has 3 nitrogen and oxygen atoms in total. The molecular weight excluding hydrogens is 312 g/mol. The molecule has 0 N–H and O–H groups in total. The maximum absolute atomic E-state index is 11.3. The fraction of sp³-hybridized carbons (Fsp3) is 0.0455. The van der Waals surface area contributed by atoms with Crippen molar-refractivity contribution >= 4 is 11.0 Å². The van der Waals surface area contributed by atoms with Crippen LogP contribution in [-0.2, 0) is 6.61 Å². The van der Waals surface area contributed by atoms with Crippen molar-refractivity contribution in [3.63, 3.8) is 0 Å². The molecule has 0 spiro atoms. The van der Waals surface area contributed by atoms with Crippen LogP contribution in [0.3, 0.4) is 0 Å². The van der Waals surface area contributed by atoms with Crippen molar-refractivity contribution in [2.24, 2.45) is 0 Å². The van der Waals surface area contributed by atoms with E-state index in [9.17, 15) is 4.79 Å². The number of rotatable bonds is 4. The molecule has 1 aromatic heterocycles. The molecule has 0 bridgehead atoms. The minimum absolute atomic E-state index is 0.360. The molecule has 0 radical (unpaired) electrons. The zero-order chi connectivity index (χ0) is 17.1. The van der Waals surface area contributed by atoms with Crippen LogP contribution >= 0.6 is 0 Å². The van der Waals surface area contributed by atoms with Crippen molar-refractivity contribution in [1.82, 2.24) is 0 Å². The molecule has 4 aromatic rings. The van der Waals surface area contributed by atoms with Crippen molar-refractivity contribution in [3.05, 3.63) is 101 Å². The van der Waals surface area contributed by atoms with Crippen LogP contribution in [0.2, 0.25) is 0 Å². The highest BCUT2D eigenvalue weighted by molar-refractivity contribution is 5.77. The fourth-order valence-electron chi connectivity index (χ4n) is 2.72. The standard InChI is InChI=1S/C22H16O3/c23-22-13-11-19-10-12-20(14-21(19)25-22)24-15-16-6-8-18(9-7-16)17-4-2-1-3-5-17/h1-14H,15H2. The van der Waals surface area contributed by atoms with Gasteiger partial charge in [-0.05, 0) is 34.9 Å². The SMILES string of the molecule is O=c1ccc2ccc(OCc3ccc(-c4ccccc4)cc3)cc2o1. The van der Waals surface area contributed by atoms with E-state index in [-0.39, 0.29) is 5.63 Å². The normalized spacial score (nSPS) is 10.7. The second-order valence-electron chi connectivity index (χ2n) is 5.81. The van der Waals surface area contributed by atoms with Gasteiger partial charge in [0.05, 0.1) is 0 Å². The van der Waals surface area contributed by atoms with Crippen molar-refractivity contribution in [2.75, 3.05) is 0 Å². The molecule has 0 aliphatic heterocycles. The number of fused-ring (bicyclic) bond motifs is 1. The second-order valence-corrected chi connectivity index (χ2v) is 5.81. The molecule has 25 heavy (non-hydrogen) atoms. The van der Waals surface area contributed by atoms with E-state index in [1.165, 1.54) is 17.2 Å². The van der Waals surface area contributed by atoms with Crippen LogP contribution in [0.4, 0.5) is 0 Å². The molecule has 0 fully saturated rings. The first-order valence-electron chi connectivity index (χ1n) is 8.09. The molecule has 4 rings (SSSR count). The predicted octanol–water partition coefficient (Wildman–Crippen LogP) is 5.04. The second kappa shape index (κ2) is 6.65. The molecular formula is C22H16O3. The summed E-state index contributed by atoms with van der Waals surface area (Å²) in [6.07, 6.45) is 0. The van der Waals surface area contributed by atoms with Crippen molar-refractivity contribution in [2.45, 2.75) is 6.61 Å². The van der Waals surface area contributed by atoms with Crippen LogP contribution in [0.5, 0.6) is 5.75 Å². The Bertz CT molecular complexity index is 1050. The lowest BCUT2D eigenvalue weighted by molar-refractivity contribution is 0.306. The number of hydrogen-bond acceptors (Lipinski definition) is 3. The van der Waals surface area contributed by atoms with E-state index >= 15 is 0 Å². The van der Waals surface area contributed by atoms with E-state index in [4.69, 9.17) is 9.15 Å². The third-order valence-corrected chi connectivity index (χ3v) is 4.06. The molecule has 3 heteroatoms. The Morgan fingerprint density at radius 2 is 1.48 bits per heavy atom. The van der Waals surface area contributed by atoms with Gasteiger partial charge in [0.2, 0.25) is 0 Å². The topological polar surface area (TPSA) is 39.4 Å². The molecule has 3 aromatic carbocycles. The zero-order valence-corrected chi connectivity index (χ0v) is 13.5. The summed E-state index contributed by atoms with van der Waals surface area (Å²) in [7, 11) is 0. The van der Waals surface area contributed by atoms with Gasteiger partial charge in [-0.25, -0.2) is 4.79 Å². The van der Waals surface area contributed by atoms with E-state index in [2.05, 4.69) is 36.4 Å². The van der Waals surface area contributed by atoms with Gasteiger partial charge >= 0.3 is 5.63 Å². The first-order chi connectivity index (χ1) is 12.3. The smallest absolute Gasteiger partial charge is 0.336 e. The molecule has 0 aliphatic carbocycles. The first-order valence-corrected chi connectivity index (χ1v) is 8.09. The number of hydrogen-bond donors (Lipinski definition) is 0. The van der Waals surface area contributed by atoms with Gasteiger partial charge in [0.1, 0.15) is 17.9 Å². The van der Waals surface area contributed by atoms with E-state index in [1.54, 1.807) is 12.1 Å². The lowest BCUT2D eigenvalue weighted by Gasteiger charge is -2.08. The average Bonchev–Trinajstić information content (AvgIpc) is 2.67. The van der Waals surface area contributed by atoms with Crippen LogP contribution in [-0.4, -0.2) is 0 Å². The Morgan fingerprint density at radius 1 is 0.760 bits per heavy atom. The van der Waals surface area contributed by atoms with Gasteiger partial charge in [-0.1, -0.05) is 54.6 Å². The van der Waals surface area contributed by atoms with E-state index in [1.807, 2.05) is 30.3 Å². The zero-order valence-electron chi connectivity index (χ0n) is 13.5. The molecule has 0 amide bonds. The van der Waals surface area contributed by atoms with Gasteiger partial charge < -0.3 is 9.15 Å². The Balaban J connectivity index is 1.48. The number of benzene rings is 3. The largest absolute Gasteiger partial charge is 0.489 e. The predicted molar refractivity (Wildman–Crippen MR) is 98.7 cm³/mol. The highest BCUT2D eigenvalue weighted by atomic mass is 16.5. The number of ether oxygens (including phenoxy) is 1. The van der Waals surface area contributed by atoms with Crippen LogP contribution < -0.4 is 10.4 Å². The van der Waals surface area contributed by atoms with Crippen LogP contribution in [0.1, 0.15) is 5.56 Å². The highest BCUT2D eigenvalue weighted by Gasteiger charge is 2.02. The highest BCUT2D eigenvalue weighted by Crippen LogP contribution is 2.22. The summed E-state index contributed by atoms with van der Waals surface area (Å²) in [5, 5.41) is 0.874. The van der Waals surface area contributed by atoms with Crippen LogP contribution in [0.25, 0.3) is 22.1 Å². The van der Waals surface area contributed by atoms with Gasteiger partial charge in [-0.2, -0.15) is 0 Å². The third-order valence-electron chi connectivity index (χ3n) is 4.06. The maximum atomic E-state index is 11.3. The van der Waals surface area contributed by atoms with Crippen molar-refractivity contribution < 1.29 is 9.15 Å². The minimum Gasteiger partial charge on any atom is -0.489 e. The summed E-state index contributed by atoms with van der Waals surface area (Å²) < 4.78 is 11.0. The Kier molecular flexibility index (Phi) is 4.05.